The molecule has 0 spiro atoms. The van der Waals surface area contributed by atoms with E-state index in [1.54, 1.807) is 0 Å². The van der Waals surface area contributed by atoms with Crippen LogP contribution in [0.4, 0.5) is 13.2 Å². The first-order chi connectivity index (χ1) is 8.86. The maximum atomic E-state index is 12.7. The molecule has 0 heterocycles. The summed E-state index contributed by atoms with van der Waals surface area (Å²) in [6.07, 6.45) is -4.71. The highest BCUT2D eigenvalue weighted by atomic mass is 19.4. The van der Waals surface area contributed by atoms with E-state index >= 15 is 0 Å². The van der Waals surface area contributed by atoms with Crippen LogP contribution in [0.1, 0.15) is 21.5 Å². The van der Waals surface area contributed by atoms with Gasteiger partial charge in [-0.25, -0.2) is 4.79 Å². The lowest BCUT2D eigenvalue weighted by Crippen LogP contribution is -2.10. The summed E-state index contributed by atoms with van der Waals surface area (Å²) in [4.78, 5) is 13.0. The van der Waals surface area contributed by atoms with Crippen LogP contribution in [0.5, 0.6) is 0 Å². The predicted molar refractivity (Wildman–Crippen MR) is 59.3 cm³/mol. The minimum atomic E-state index is -4.71. The second-order valence-electron chi connectivity index (χ2n) is 3.25. The van der Waals surface area contributed by atoms with Crippen molar-refractivity contribution in [2.75, 3.05) is 6.54 Å². The van der Waals surface area contributed by atoms with Crippen LogP contribution in [0.3, 0.4) is 0 Å². The molecule has 19 heavy (non-hydrogen) atoms. The highest BCUT2D eigenvalue weighted by Gasteiger charge is 2.33. The molecule has 0 saturated carbocycles. The third-order valence-corrected chi connectivity index (χ3v) is 2.01. The van der Waals surface area contributed by atoms with Gasteiger partial charge in [0.2, 0.25) is 0 Å². The van der Waals surface area contributed by atoms with E-state index in [0.29, 0.717) is 6.07 Å². The Bertz CT molecular complexity index is 608. The lowest BCUT2D eigenvalue weighted by Gasteiger charge is -2.09. The average molecular weight is 269 g/mol. The number of aromatic carboxylic acids is 1. The zero-order valence-electron chi connectivity index (χ0n) is 9.27. The monoisotopic (exact) mass is 269 g/mol. The topological polar surface area (TPSA) is 86.1 Å². The lowest BCUT2D eigenvalue weighted by molar-refractivity contribution is -0.137. The van der Waals surface area contributed by atoms with Crippen molar-refractivity contribution >= 4 is 5.97 Å². The van der Waals surface area contributed by atoms with Crippen molar-refractivity contribution in [3.8, 4) is 11.8 Å². The second kappa shape index (κ2) is 5.80. The van der Waals surface area contributed by atoms with Crippen LogP contribution in [0.15, 0.2) is 23.3 Å². The molecule has 0 aromatic heterocycles. The fourth-order valence-electron chi connectivity index (χ4n) is 1.22. The molecule has 0 aliphatic carbocycles. The average Bonchev–Trinajstić information content (AvgIpc) is 2.33. The van der Waals surface area contributed by atoms with Crippen molar-refractivity contribution in [3.05, 3.63) is 45.3 Å². The Hall–Kier alpha value is -2.65. The van der Waals surface area contributed by atoms with Gasteiger partial charge in [0.15, 0.2) is 0 Å². The van der Waals surface area contributed by atoms with Gasteiger partial charge in [-0.1, -0.05) is 17.0 Å². The van der Waals surface area contributed by atoms with Gasteiger partial charge in [0.05, 0.1) is 17.7 Å². The van der Waals surface area contributed by atoms with E-state index < -0.39 is 23.3 Å². The van der Waals surface area contributed by atoms with Gasteiger partial charge in [-0.15, -0.1) is 0 Å². The number of hydrogen-bond acceptors (Lipinski definition) is 2. The van der Waals surface area contributed by atoms with Gasteiger partial charge in [0, 0.05) is 10.5 Å². The minimum absolute atomic E-state index is 0.269. The van der Waals surface area contributed by atoms with E-state index in [4.69, 9.17) is 10.6 Å². The molecule has 1 aromatic rings. The van der Waals surface area contributed by atoms with Gasteiger partial charge in [0.1, 0.15) is 0 Å². The smallest absolute Gasteiger partial charge is 0.417 e. The molecule has 0 amide bonds. The number of nitrogens with zero attached hydrogens (tertiary/aromatic N) is 3. The fraction of sp³-hybridized carbons (Fsp3) is 0.182. The van der Waals surface area contributed by atoms with Crippen molar-refractivity contribution in [3.63, 3.8) is 0 Å². The maximum absolute atomic E-state index is 12.7. The van der Waals surface area contributed by atoms with Gasteiger partial charge >= 0.3 is 12.1 Å². The summed E-state index contributed by atoms with van der Waals surface area (Å²) in [6.45, 7) is -0.269. The van der Waals surface area contributed by atoms with Crippen molar-refractivity contribution in [2.24, 2.45) is 5.11 Å². The van der Waals surface area contributed by atoms with Crippen LogP contribution >= 0.6 is 0 Å². The Balaban J connectivity index is 3.26. The molecule has 1 rings (SSSR count). The number of benzene rings is 1. The van der Waals surface area contributed by atoms with Crippen molar-refractivity contribution in [1.82, 2.24) is 0 Å². The zero-order valence-corrected chi connectivity index (χ0v) is 9.27. The molecule has 0 radical (unpaired) electrons. The van der Waals surface area contributed by atoms with Crippen LogP contribution in [-0.4, -0.2) is 17.6 Å². The van der Waals surface area contributed by atoms with Gasteiger partial charge < -0.3 is 5.11 Å². The molecule has 0 fully saturated rings. The van der Waals surface area contributed by atoms with E-state index in [-0.39, 0.29) is 12.1 Å². The summed E-state index contributed by atoms with van der Waals surface area (Å²) >= 11 is 0. The fourth-order valence-corrected chi connectivity index (χ4v) is 1.22. The number of alkyl halides is 3. The maximum Gasteiger partial charge on any atom is 0.417 e. The van der Waals surface area contributed by atoms with E-state index in [2.05, 4.69) is 21.9 Å². The Morgan fingerprint density at radius 2 is 2.16 bits per heavy atom. The number of azide groups is 1. The first-order valence-electron chi connectivity index (χ1n) is 4.80. The first kappa shape index (κ1) is 14.4. The Labute approximate surface area is 105 Å². The number of carboxylic acids is 1. The standard InChI is InChI=1S/C11H6F3N3O2/c12-11(13,14)9-6-8(10(18)19)4-3-7(9)2-1-5-16-17-15/h3-4,6H,5H2,(H,18,19). The van der Waals surface area contributed by atoms with Crippen molar-refractivity contribution in [1.29, 1.82) is 0 Å². The molecular formula is C11H6F3N3O2. The molecule has 1 N–H and O–H groups in total. The molecule has 0 atom stereocenters. The van der Waals surface area contributed by atoms with Crippen molar-refractivity contribution < 1.29 is 23.1 Å². The summed E-state index contributed by atoms with van der Waals surface area (Å²) in [5, 5.41) is 11.7. The van der Waals surface area contributed by atoms with Crippen LogP contribution < -0.4 is 0 Å². The highest BCUT2D eigenvalue weighted by molar-refractivity contribution is 5.88. The van der Waals surface area contributed by atoms with E-state index in [1.807, 2.05) is 0 Å². The summed E-state index contributed by atoms with van der Waals surface area (Å²) < 4.78 is 38.2. The zero-order chi connectivity index (χ0) is 14.5. The number of halogens is 3. The predicted octanol–water partition coefficient (Wildman–Crippen LogP) is 3.07. The van der Waals surface area contributed by atoms with Gasteiger partial charge in [-0.05, 0) is 23.7 Å². The summed E-state index contributed by atoms with van der Waals surface area (Å²) in [5.74, 6) is 2.98. The van der Waals surface area contributed by atoms with E-state index in [0.717, 1.165) is 12.1 Å². The van der Waals surface area contributed by atoms with Crippen LogP contribution in [0, 0.1) is 11.8 Å². The third-order valence-electron chi connectivity index (χ3n) is 2.01. The van der Waals surface area contributed by atoms with Gasteiger partial charge in [-0.3, -0.25) is 0 Å². The number of rotatable bonds is 2. The Morgan fingerprint density at radius 3 is 2.68 bits per heavy atom. The minimum Gasteiger partial charge on any atom is -0.478 e. The highest BCUT2D eigenvalue weighted by Crippen LogP contribution is 2.32. The van der Waals surface area contributed by atoms with Crippen LogP contribution in [0.25, 0.3) is 10.4 Å². The molecule has 8 heteroatoms. The van der Waals surface area contributed by atoms with Gasteiger partial charge in [-0.2, -0.15) is 13.2 Å². The first-order valence-corrected chi connectivity index (χ1v) is 4.80. The van der Waals surface area contributed by atoms with Gasteiger partial charge in [0.25, 0.3) is 0 Å². The Kier molecular flexibility index (Phi) is 4.40. The van der Waals surface area contributed by atoms with Crippen LogP contribution in [-0.2, 0) is 6.18 Å². The molecule has 1 aromatic carbocycles. The molecule has 0 unspecified atom stereocenters. The normalized spacial score (nSPS) is 10.1. The summed E-state index contributed by atoms with van der Waals surface area (Å²) in [7, 11) is 0. The lowest BCUT2D eigenvalue weighted by atomic mass is 10.0. The molecule has 0 bridgehead atoms. The third kappa shape index (κ3) is 3.94. The van der Waals surface area contributed by atoms with Crippen LogP contribution in [0.2, 0.25) is 0 Å². The molecule has 5 nitrogen and oxygen atoms in total. The number of carbonyl (C=O) groups is 1. The molecule has 0 saturated heterocycles. The quantitative estimate of drug-likeness (QED) is 0.387. The van der Waals surface area contributed by atoms with E-state index in [1.165, 1.54) is 0 Å². The Morgan fingerprint density at radius 1 is 1.47 bits per heavy atom. The molecular weight excluding hydrogens is 263 g/mol. The van der Waals surface area contributed by atoms with E-state index in [9.17, 15) is 18.0 Å². The number of carboxylic acid groups (broad SMARTS) is 1. The second-order valence-corrected chi connectivity index (χ2v) is 3.25. The summed E-state index contributed by atoms with van der Waals surface area (Å²) in [5.41, 5.74) is 6.00. The largest absolute Gasteiger partial charge is 0.478 e. The number of hydrogen-bond donors (Lipinski definition) is 1. The van der Waals surface area contributed by atoms with Crippen molar-refractivity contribution in [2.45, 2.75) is 6.18 Å². The SMILES string of the molecule is [N-]=[N+]=NCC#Cc1ccc(C(=O)O)cc1C(F)(F)F. The molecule has 0 aliphatic heterocycles. The summed E-state index contributed by atoms with van der Waals surface area (Å²) in [6, 6.07) is 2.50. The molecule has 0 aliphatic rings. The molecule has 98 valence electrons.